The van der Waals surface area contributed by atoms with Crippen LogP contribution in [0.25, 0.3) is 0 Å². The number of aryl methyl sites for hydroxylation is 1. The van der Waals surface area contributed by atoms with Gasteiger partial charge in [0.1, 0.15) is 0 Å². The van der Waals surface area contributed by atoms with Crippen molar-refractivity contribution in [2.75, 3.05) is 0 Å². The molecule has 1 aromatic heterocycles. The zero-order valence-electron chi connectivity index (χ0n) is 10.2. The molecule has 0 fully saturated rings. The molecule has 5 nitrogen and oxygen atoms in total. The van der Waals surface area contributed by atoms with E-state index in [0.717, 1.165) is 23.3 Å². The van der Waals surface area contributed by atoms with E-state index in [4.69, 9.17) is 0 Å². The van der Waals surface area contributed by atoms with Crippen molar-refractivity contribution in [1.29, 1.82) is 0 Å². The van der Waals surface area contributed by atoms with Crippen LogP contribution in [0.5, 0.6) is 0 Å². The van der Waals surface area contributed by atoms with E-state index < -0.39 is 10.0 Å². The monoisotopic (exact) mass is 265 g/mol. The second-order valence-electron chi connectivity index (χ2n) is 4.00. The van der Waals surface area contributed by atoms with E-state index in [1.54, 1.807) is 30.3 Å². The number of hydrogen-bond acceptors (Lipinski definition) is 4. The maximum atomic E-state index is 12.2. The number of benzene rings is 1. The number of unbranched alkanes of at least 4 members (excludes halogenated alkanes) is 1. The van der Waals surface area contributed by atoms with Gasteiger partial charge in [0.2, 0.25) is 0 Å². The van der Waals surface area contributed by atoms with Gasteiger partial charge in [0.05, 0.1) is 16.8 Å². The van der Waals surface area contributed by atoms with Crippen molar-refractivity contribution in [3.63, 3.8) is 0 Å². The van der Waals surface area contributed by atoms with E-state index >= 15 is 0 Å². The van der Waals surface area contributed by atoms with E-state index in [2.05, 4.69) is 17.2 Å². The predicted molar refractivity (Wildman–Crippen MR) is 67.7 cm³/mol. The smallest absolute Gasteiger partial charge is 0.199 e. The third-order valence-electron chi connectivity index (χ3n) is 2.59. The quantitative estimate of drug-likeness (QED) is 0.827. The molecule has 1 heterocycles. The Morgan fingerprint density at radius 2 is 1.94 bits per heavy atom. The molecule has 0 radical (unpaired) electrons. The SMILES string of the molecule is CCCCc1cn(S(=O)(=O)c2ccccc2)nn1. The number of nitrogens with zero attached hydrogens (tertiary/aromatic N) is 3. The molecule has 0 unspecified atom stereocenters. The molecule has 0 aliphatic carbocycles. The Labute approximate surface area is 107 Å². The Hall–Kier alpha value is -1.69. The van der Waals surface area contributed by atoms with Gasteiger partial charge in [-0.15, -0.1) is 9.19 Å². The van der Waals surface area contributed by atoms with Crippen LogP contribution in [0, 0.1) is 0 Å². The Balaban J connectivity index is 2.28. The molecular weight excluding hydrogens is 250 g/mol. The fraction of sp³-hybridized carbons (Fsp3) is 0.333. The summed E-state index contributed by atoms with van der Waals surface area (Å²) in [6, 6.07) is 8.22. The third kappa shape index (κ3) is 2.59. The first-order chi connectivity index (χ1) is 8.64. The topological polar surface area (TPSA) is 64.8 Å². The molecule has 0 atom stereocenters. The molecule has 2 rings (SSSR count). The standard InChI is InChI=1S/C12H15N3O2S/c1-2-3-7-11-10-15(14-13-11)18(16,17)12-8-5-4-6-9-12/h4-6,8-10H,2-3,7H2,1H3. The zero-order chi connectivity index (χ0) is 13.0. The number of aromatic nitrogens is 3. The minimum absolute atomic E-state index is 0.219. The highest BCUT2D eigenvalue weighted by molar-refractivity contribution is 7.89. The Morgan fingerprint density at radius 1 is 1.22 bits per heavy atom. The van der Waals surface area contributed by atoms with Gasteiger partial charge in [-0.1, -0.05) is 36.8 Å². The second kappa shape index (κ2) is 5.30. The van der Waals surface area contributed by atoms with Gasteiger partial charge in [0.15, 0.2) is 0 Å². The summed E-state index contributed by atoms with van der Waals surface area (Å²) in [4.78, 5) is 0.219. The van der Waals surface area contributed by atoms with E-state index in [0.29, 0.717) is 5.69 Å². The lowest BCUT2D eigenvalue weighted by Gasteiger charge is -2.01. The molecule has 0 aliphatic rings. The first kappa shape index (κ1) is 12.8. The van der Waals surface area contributed by atoms with Gasteiger partial charge >= 0.3 is 0 Å². The van der Waals surface area contributed by atoms with Crippen molar-refractivity contribution in [3.05, 3.63) is 42.2 Å². The predicted octanol–water partition coefficient (Wildman–Crippen LogP) is 1.86. The van der Waals surface area contributed by atoms with Crippen LogP contribution < -0.4 is 0 Å². The zero-order valence-corrected chi connectivity index (χ0v) is 11.0. The van der Waals surface area contributed by atoms with Crippen molar-refractivity contribution >= 4 is 10.0 Å². The molecule has 0 N–H and O–H groups in total. The van der Waals surface area contributed by atoms with Gasteiger partial charge in [-0.3, -0.25) is 0 Å². The highest BCUT2D eigenvalue weighted by atomic mass is 32.2. The number of rotatable bonds is 5. The summed E-state index contributed by atoms with van der Waals surface area (Å²) in [6.07, 6.45) is 4.25. The van der Waals surface area contributed by atoms with Gasteiger partial charge in [-0.25, -0.2) is 0 Å². The van der Waals surface area contributed by atoms with Crippen molar-refractivity contribution in [1.82, 2.24) is 14.4 Å². The average Bonchev–Trinajstić information content (AvgIpc) is 2.87. The third-order valence-corrected chi connectivity index (χ3v) is 4.13. The fourth-order valence-corrected chi connectivity index (χ4v) is 2.68. The Kier molecular flexibility index (Phi) is 3.76. The van der Waals surface area contributed by atoms with E-state index in [1.807, 2.05) is 0 Å². The van der Waals surface area contributed by atoms with Crippen molar-refractivity contribution in [3.8, 4) is 0 Å². The van der Waals surface area contributed by atoms with Gasteiger partial charge in [0.25, 0.3) is 10.0 Å². The molecule has 0 saturated carbocycles. The first-order valence-corrected chi connectivity index (χ1v) is 7.30. The molecule has 0 aliphatic heterocycles. The summed E-state index contributed by atoms with van der Waals surface area (Å²) in [7, 11) is -3.60. The maximum absolute atomic E-state index is 12.2. The molecule has 6 heteroatoms. The van der Waals surface area contributed by atoms with Gasteiger partial charge in [-0.2, -0.15) is 8.42 Å². The van der Waals surface area contributed by atoms with Gasteiger partial charge in [0, 0.05) is 0 Å². The average molecular weight is 265 g/mol. The highest BCUT2D eigenvalue weighted by Gasteiger charge is 2.18. The lowest BCUT2D eigenvalue weighted by Crippen LogP contribution is -2.13. The second-order valence-corrected chi connectivity index (χ2v) is 5.80. The normalized spacial score (nSPS) is 11.6. The molecule has 18 heavy (non-hydrogen) atoms. The van der Waals surface area contributed by atoms with E-state index in [1.165, 1.54) is 6.20 Å². The molecule has 96 valence electrons. The highest BCUT2D eigenvalue weighted by Crippen LogP contribution is 2.12. The molecule has 0 amide bonds. The summed E-state index contributed by atoms with van der Waals surface area (Å²) in [5, 5.41) is 7.58. The van der Waals surface area contributed by atoms with Crippen LogP contribution in [0.1, 0.15) is 25.5 Å². The van der Waals surface area contributed by atoms with E-state index in [-0.39, 0.29) is 4.90 Å². The van der Waals surface area contributed by atoms with E-state index in [9.17, 15) is 8.42 Å². The van der Waals surface area contributed by atoms with Crippen LogP contribution in [-0.4, -0.2) is 22.8 Å². The fourth-order valence-electron chi connectivity index (χ4n) is 1.57. The van der Waals surface area contributed by atoms with Crippen molar-refractivity contribution < 1.29 is 8.42 Å². The van der Waals surface area contributed by atoms with Crippen LogP contribution >= 0.6 is 0 Å². The Bertz CT molecular complexity index is 605. The van der Waals surface area contributed by atoms with Gasteiger partial charge < -0.3 is 0 Å². The minimum atomic E-state index is -3.60. The lowest BCUT2D eigenvalue weighted by molar-refractivity contribution is 0.577. The molecule has 1 aromatic carbocycles. The summed E-state index contributed by atoms with van der Waals surface area (Å²) in [5.41, 5.74) is 0.705. The summed E-state index contributed by atoms with van der Waals surface area (Å²) in [6.45, 7) is 2.07. The minimum Gasteiger partial charge on any atom is -0.199 e. The Morgan fingerprint density at radius 3 is 2.61 bits per heavy atom. The first-order valence-electron chi connectivity index (χ1n) is 5.86. The molecular formula is C12H15N3O2S. The molecule has 0 bridgehead atoms. The molecule has 2 aromatic rings. The summed E-state index contributed by atoms with van der Waals surface area (Å²) < 4.78 is 25.3. The summed E-state index contributed by atoms with van der Waals surface area (Å²) >= 11 is 0. The lowest BCUT2D eigenvalue weighted by atomic mass is 10.2. The van der Waals surface area contributed by atoms with Crippen molar-refractivity contribution in [2.24, 2.45) is 0 Å². The van der Waals surface area contributed by atoms with Crippen LogP contribution in [0.2, 0.25) is 0 Å². The largest absolute Gasteiger partial charge is 0.284 e. The van der Waals surface area contributed by atoms with Crippen LogP contribution in [0.4, 0.5) is 0 Å². The van der Waals surface area contributed by atoms with Crippen LogP contribution in [-0.2, 0) is 16.4 Å². The van der Waals surface area contributed by atoms with Crippen LogP contribution in [0.15, 0.2) is 41.4 Å². The maximum Gasteiger partial charge on any atom is 0.284 e. The van der Waals surface area contributed by atoms with Crippen LogP contribution in [0.3, 0.4) is 0 Å². The molecule has 0 saturated heterocycles. The van der Waals surface area contributed by atoms with Crippen molar-refractivity contribution in [2.45, 2.75) is 31.1 Å². The number of hydrogen-bond donors (Lipinski definition) is 0. The summed E-state index contributed by atoms with van der Waals surface area (Å²) in [5.74, 6) is 0. The van der Waals surface area contributed by atoms with Gasteiger partial charge in [-0.05, 0) is 25.0 Å². The molecule has 0 spiro atoms.